The van der Waals surface area contributed by atoms with E-state index in [0.29, 0.717) is 5.56 Å². The van der Waals surface area contributed by atoms with Crippen LogP contribution in [0.3, 0.4) is 0 Å². The van der Waals surface area contributed by atoms with Crippen LogP contribution in [0, 0.1) is 6.85 Å². The van der Waals surface area contributed by atoms with Crippen LogP contribution in [0.2, 0.25) is 0 Å². The Bertz CT molecular complexity index is 294. The van der Waals surface area contributed by atoms with Crippen molar-refractivity contribution in [2.75, 3.05) is 6.54 Å². The van der Waals surface area contributed by atoms with Gasteiger partial charge in [0.25, 0.3) is 0 Å². The van der Waals surface area contributed by atoms with Crippen molar-refractivity contribution in [1.29, 1.82) is 0 Å². The van der Waals surface area contributed by atoms with E-state index >= 15 is 0 Å². The lowest BCUT2D eigenvalue weighted by atomic mass is 10.1. The van der Waals surface area contributed by atoms with Gasteiger partial charge in [0.2, 0.25) is 0 Å². The maximum absolute atomic E-state index is 9.36. The summed E-state index contributed by atoms with van der Waals surface area (Å²) in [5.41, 5.74) is 6.18. The Hall–Kier alpha value is -0.860. The monoisotopic (exact) mass is 154 g/mol. The molecule has 1 atom stereocenters. The largest absolute Gasteiger partial charge is 0.387 e. The molecule has 1 rings (SSSR count). The van der Waals surface area contributed by atoms with Gasteiger partial charge in [0, 0.05) is 10.7 Å². The average Bonchev–Trinajstić information content (AvgIpc) is 2.15. The number of hydrogen-bond donors (Lipinski definition) is 2. The smallest absolute Gasteiger partial charge is 0.0912 e. The van der Waals surface area contributed by atoms with Crippen molar-refractivity contribution in [1.82, 2.24) is 0 Å². The van der Waals surface area contributed by atoms with Crippen LogP contribution >= 0.6 is 0 Å². The molecule has 0 aliphatic carbocycles. The van der Waals surface area contributed by atoms with Crippen molar-refractivity contribution >= 4 is 0 Å². The molecule has 0 bridgehead atoms. The summed E-state index contributed by atoms with van der Waals surface area (Å²) < 4.78 is 21.4. The van der Waals surface area contributed by atoms with E-state index in [-0.39, 0.29) is 12.1 Å². The first-order valence-corrected chi connectivity index (χ1v) is 3.43. The van der Waals surface area contributed by atoms with Crippen LogP contribution in [0.4, 0.5) is 0 Å². The molecule has 0 fully saturated rings. The van der Waals surface area contributed by atoms with E-state index in [0.717, 1.165) is 0 Å². The van der Waals surface area contributed by atoms with Gasteiger partial charge >= 0.3 is 0 Å². The molecule has 3 N–H and O–H groups in total. The van der Waals surface area contributed by atoms with Gasteiger partial charge in [0.05, 0.1) is 6.10 Å². The van der Waals surface area contributed by atoms with Gasteiger partial charge in [0.1, 0.15) is 0 Å². The molecule has 0 saturated heterocycles. The summed E-state index contributed by atoms with van der Waals surface area (Å²) in [5, 5.41) is 9.36. The third-order valence-electron chi connectivity index (χ3n) is 1.52. The van der Waals surface area contributed by atoms with Crippen molar-refractivity contribution in [2.24, 2.45) is 5.73 Å². The highest BCUT2D eigenvalue weighted by Gasteiger charge is 2.02. The molecule has 0 radical (unpaired) electrons. The van der Waals surface area contributed by atoms with Gasteiger partial charge < -0.3 is 10.8 Å². The summed E-state index contributed by atoms with van der Waals surface area (Å²) >= 11 is 0. The molecule has 0 aromatic heterocycles. The first-order chi connectivity index (χ1) is 6.45. The zero-order valence-corrected chi connectivity index (χ0v) is 6.12. The zero-order chi connectivity index (χ0) is 10.8. The molecule has 0 aliphatic heterocycles. The average molecular weight is 154 g/mol. The number of nitrogens with two attached hydrogens (primary N) is 1. The minimum Gasteiger partial charge on any atom is -0.387 e. The van der Waals surface area contributed by atoms with Crippen LogP contribution in [-0.2, 0) is 0 Å². The van der Waals surface area contributed by atoms with E-state index in [1.165, 1.54) is 12.1 Å². The van der Waals surface area contributed by atoms with Crippen LogP contribution in [0.1, 0.15) is 21.3 Å². The molecule has 0 amide bonds. The Morgan fingerprint density at radius 1 is 1.55 bits per heavy atom. The third kappa shape index (κ3) is 2.03. The maximum Gasteiger partial charge on any atom is 0.0912 e. The number of aliphatic hydroxyl groups is 1. The van der Waals surface area contributed by atoms with Gasteiger partial charge in [-0.05, 0) is 12.4 Å². The SMILES string of the molecule is [2H]C([2H])([2H])c1ccc(C(O)CN)cc1. The predicted molar refractivity (Wildman–Crippen MR) is 45.2 cm³/mol. The van der Waals surface area contributed by atoms with Crippen LogP contribution in [0.5, 0.6) is 0 Å². The molecule has 0 heterocycles. The standard InChI is InChI=1S/C9H13NO/c1-7-2-4-8(5-3-7)9(11)6-10/h2-5,9,11H,6,10H2,1H3/i1D3. The fourth-order valence-corrected chi connectivity index (χ4v) is 0.841. The van der Waals surface area contributed by atoms with E-state index < -0.39 is 13.0 Å². The molecular formula is C9H13NO. The van der Waals surface area contributed by atoms with Crippen LogP contribution in [-0.4, -0.2) is 11.7 Å². The van der Waals surface area contributed by atoms with E-state index in [1.54, 1.807) is 12.1 Å². The molecular weight excluding hydrogens is 138 g/mol. The van der Waals surface area contributed by atoms with Crippen molar-refractivity contribution < 1.29 is 9.22 Å². The van der Waals surface area contributed by atoms with Gasteiger partial charge in [-0.3, -0.25) is 0 Å². The topological polar surface area (TPSA) is 46.2 Å². The second-order valence-corrected chi connectivity index (χ2v) is 2.37. The van der Waals surface area contributed by atoms with Gasteiger partial charge in [-0.2, -0.15) is 0 Å². The molecule has 1 aromatic carbocycles. The predicted octanol–water partition coefficient (Wildman–Crippen LogP) is 0.987. The van der Waals surface area contributed by atoms with E-state index in [4.69, 9.17) is 9.85 Å². The number of benzene rings is 1. The van der Waals surface area contributed by atoms with Crippen molar-refractivity contribution in [3.8, 4) is 0 Å². The number of aryl methyl sites for hydroxylation is 1. The Labute approximate surface area is 70.9 Å². The molecule has 1 unspecified atom stereocenters. The minimum absolute atomic E-state index is 0.132. The first kappa shape index (κ1) is 4.91. The van der Waals surface area contributed by atoms with Crippen LogP contribution in [0.15, 0.2) is 24.3 Å². The van der Waals surface area contributed by atoms with Crippen LogP contribution < -0.4 is 5.73 Å². The molecule has 0 spiro atoms. The normalized spacial score (nSPS) is 18.2. The summed E-state index contributed by atoms with van der Waals surface area (Å²) in [4.78, 5) is 0. The molecule has 0 aliphatic rings. The minimum atomic E-state index is -2.09. The summed E-state index contributed by atoms with van der Waals surface area (Å²) in [7, 11) is 0. The van der Waals surface area contributed by atoms with Crippen LogP contribution in [0.25, 0.3) is 0 Å². The zero-order valence-electron chi connectivity index (χ0n) is 9.12. The molecule has 11 heavy (non-hydrogen) atoms. The quantitative estimate of drug-likeness (QED) is 0.667. The van der Waals surface area contributed by atoms with E-state index in [9.17, 15) is 5.11 Å². The highest BCUT2D eigenvalue weighted by molar-refractivity contribution is 5.23. The van der Waals surface area contributed by atoms with Crippen molar-refractivity contribution in [2.45, 2.75) is 13.0 Å². The fraction of sp³-hybridized carbons (Fsp3) is 0.333. The summed E-state index contributed by atoms with van der Waals surface area (Å²) in [6.45, 7) is -1.96. The van der Waals surface area contributed by atoms with Gasteiger partial charge in [-0.1, -0.05) is 29.8 Å². The number of rotatable bonds is 2. The van der Waals surface area contributed by atoms with Gasteiger partial charge in [-0.15, -0.1) is 0 Å². The molecule has 0 saturated carbocycles. The highest BCUT2D eigenvalue weighted by atomic mass is 16.3. The number of aliphatic hydroxyl groups excluding tert-OH is 1. The lowest BCUT2D eigenvalue weighted by Crippen LogP contribution is -2.11. The van der Waals surface area contributed by atoms with Gasteiger partial charge in [-0.25, -0.2) is 0 Å². The number of hydrogen-bond acceptors (Lipinski definition) is 2. The second kappa shape index (κ2) is 3.51. The maximum atomic E-state index is 9.36. The molecule has 1 aromatic rings. The molecule has 60 valence electrons. The van der Waals surface area contributed by atoms with Crippen molar-refractivity contribution in [3.05, 3.63) is 35.4 Å². The lowest BCUT2D eigenvalue weighted by Gasteiger charge is -2.07. The highest BCUT2D eigenvalue weighted by Crippen LogP contribution is 2.11. The van der Waals surface area contributed by atoms with E-state index in [2.05, 4.69) is 0 Å². The molecule has 2 nitrogen and oxygen atoms in total. The summed E-state index contributed by atoms with van der Waals surface area (Å²) in [6, 6.07) is 6.14. The fourth-order valence-electron chi connectivity index (χ4n) is 0.841. The lowest BCUT2D eigenvalue weighted by molar-refractivity contribution is 0.187. The summed E-state index contributed by atoms with van der Waals surface area (Å²) in [5.74, 6) is 0. The summed E-state index contributed by atoms with van der Waals surface area (Å²) in [6.07, 6.45) is -0.722. The Kier molecular flexibility index (Phi) is 1.56. The Morgan fingerprint density at radius 2 is 2.18 bits per heavy atom. The molecule has 2 heteroatoms. The first-order valence-electron chi connectivity index (χ1n) is 4.93. The third-order valence-corrected chi connectivity index (χ3v) is 1.52. The van der Waals surface area contributed by atoms with Crippen molar-refractivity contribution in [3.63, 3.8) is 0 Å². The van der Waals surface area contributed by atoms with Gasteiger partial charge in [0.15, 0.2) is 0 Å². The Balaban J connectivity index is 2.89. The second-order valence-electron chi connectivity index (χ2n) is 2.37. The Morgan fingerprint density at radius 3 is 2.64 bits per heavy atom. The van der Waals surface area contributed by atoms with E-state index in [1.807, 2.05) is 0 Å².